The van der Waals surface area contributed by atoms with E-state index in [4.69, 9.17) is 9.47 Å². The number of thiazole rings is 1. The second-order valence-electron chi connectivity index (χ2n) is 5.74. The Balaban J connectivity index is 2.12. The average Bonchev–Trinajstić information content (AvgIpc) is 2.99. The van der Waals surface area contributed by atoms with Crippen LogP contribution < -0.4 is 9.54 Å². The lowest BCUT2D eigenvalue weighted by molar-refractivity contribution is -0.143. The zero-order chi connectivity index (χ0) is 20.1. The van der Waals surface area contributed by atoms with E-state index in [-0.39, 0.29) is 23.5 Å². The summed E-state index contributed by atoms with van der Waals surface area (Å²) in [6, 6.07) is 11.0. The van der Waals surface area contributed by atoms with E-state index in [0.29, 0.717) is 17.9 Å². The molecule has 0 aliphatic carbocycles. The molecule has 0 aliphatic rings. The molecule has 0 saturated carbocycles. The number of aromatic nitrogens is 1. The van der Waals surface area contributed by atoms with Crippen LogP contribution in [-0.4, -0.2) is 29.7 Å². The van der Waals surface area contributed by atoms with Gasteiger partial charge in [0, 0.05) is 0 Å². The van der Waals surface area contributed by atoms with Crippen LogP contribution in [0.2, 0.25) is 0 Å². The summed E-state index contributed by atoms with van der Waals surface area (Å²) < 4.78 is 26.8. The maximum absolute atomic E-state index is 13.9. The van der Waals surface area contributed by atoms with Gasteiger partial charge in [-0.3, -0.25) is 9.59 Å². The van der Waals surface area contributed by atoms with E-state index in [0.717, 1.165) is 4.70 Å². The first-order chi connectivity index (χ1) is 13.5. The molecule has 0 atom stereocenters. The van der Waals surface area contributed by atoms with Crippen molar-refractivity contribution in [2.75, 3.05) is 13.2 Å². The van der Waals surface area contributed by atoms with Crippen LogP contribution in [0.3, 0.4) is 0 Å². The van der Waals surface area contributed by atoms with Gasteiger partial charge >= 0.3 is 5.97 Å². The molecule has 3 rings (SSSR count). The van der Waals surface area contributed by atoms with Gasteiger partial charge in [0.2, 0.25) is 0 Å². The highest BCUT2D eigenvalue weighted by Gasteiger charge is 2.15. The van der Waals surface area contributed by atoms with Crippen LogP contribution in [-0.2, 0) is 16.1 Å². The Labute approximate surface area is 164 Å². The van der Waals surface area contributed by atoms with Crippen LogP contribution in [0.15, 0.2) is 47.5 Å². The maximum Gasteiger partial charge on any atom is 0.326 e. The quantitative estimate of drug-likeness (QED) is 0.592. The third kappa shape index (κ3) is 4.28. The highest BCUT2D eigenvalue weighted by atomic mass is 32.1. The Hall–Kier alpha value is -3.00. The minimum Gasteiger partial charge on any atom is -0.494 e. The zero-order valence-corrected chi connectivity index (χ0v) is 16.3. The molecule has 146 valence electrons. The van der Waals surface area contributed by atoms with E-state index in [1.54, 1.807) is 29.7 Å². The Bertz CT molecular complexity index is 1090. The first-order valence-corrected chi connectivity index (χ1v) is 9.60. The van der Waals surface area contributed by atoms with Crippen molar-refractivity contribution >= 4 is 33.4 Å². The van der Waals surface area contributed by atoms with Gasteiger partial charge in [-0.2, -0.15) is 4.99 Å². The number of benzene rings is 2. The number of carbonyl (C=O) groups excluding carboxylic acids is 2. The van der Waals surface area contributed by atoms with Gasteiger partial charge in [-0.05, 0) is 44.2 Å². The summed E-state index contributed by atoms with van der Waals surface area (Å²) in [5.41, 5.74) is 0.583. The molecule has 0 fully saturated rings. The van der Waals surface area contributed by atoms with Crippen LogP contribution in [0, 0.1) is 5.82 Å². The van der Waals surface area contributed by atoms with Crippen LogP contribution in [0.5, 0.6) is 5.75 Å². The van der Waals surface area contributed by atoms with Crippen LogP contribution in [0.4, 0.5) is 4.39 Å². The lowest BCUT2D eigenvalue weighted by Crippen LogP contribution is -2.23. The van der Waals surface area contributed by atoms with E-state index in [9.17, 15) is 14.0 Å². The van der Waals surface area contributed by atoms with E-state index < -0.39 is 17.7 Å². The first-order valence-electron chi connectivity index (χ1n) is 8.78. The highest BCUT2D eigenvalue weighted by molar-refractivity contribution is 7.16. The molecular formula is C20H19FN2O4S. The van der Waals surface area contributed by atoms with Crippen LogP contribution >= 0.6 is 11.3 Å². The van der Waals surface area contributed by atoms with Crippen molar-refractivity contribution in [1.82, 2.24) is 4.57 Å². The summed E-state index contributed by atoms with van der Waals surface area (Å²) in [6.45, 7) is 4.26. The van der Waals surface area contributed by atoms with Gasteiger partial charge in [0.25, 0.3) is 5.91 Å². The van der Waals surface area contributed by atoms with E-state index in [1.165, 1.54) is 29.5 Å². The summed E-state index contributed by atoms with van der Waals surface area (Å²) in [7, 11) is 0. The molecule has 0 saturated heterocycles. The fraction of sp³-hybridized carbons (Fsp3) is 0.250. The number of ether oxygens (including phenoxy) is 2. The molecule has 1 heterocycles. The molecular weight excluding hydrogens is 383 g/mol. The lowest BCUT2D eigenvalue weighted by atomic mass is 10.2. The van der Waals surface area contributed by atoms with Gasteiger partial charge < -0.3 is 14.0 Å². The van der Waals surface area contributed by atoms with Gasteiger partial charge in [0.15, 0.2) is 4.80 Å². The Kier molecular flexibility index (Phi) is 6.20. The standard InChI is InChI=1S/C20H19FN2O4S/c1-3-26-13-9-10-16-17(11-13)28-20(23(16)12-18(24)27-4-2)22-19(25)14-7-5-6-8-15(14)21/h5-11H,3-4,12H2,1-2H3. The molecule has 0 N–H and O–H groups in total. The fourth-order valence-corrected chi connectivity index (χ4v) is 3.72. The van der Waals surface area contributed by atoms with Gasteiger partial charge in [-0.25, -0.2) is 4.39 Å². The molecule has 0 unspecified atom stereocenters. The molecule has 0 radical (unpaired) electrons. The molecule has 28 heavy (non-hydrogen) atoms. The first kappa shape index (κ1) is 19.8. The predicted molar refractivity (Wildman–Crippen MR) is 104 cm³/mol. The smallest absolute Gasteiger partial charge is 0.326 e. The van der Waals surface area contributed by atoms with Gasteiger partial charge in [0.1, 0.15) is 18.1 Å². The number of hydrogen-bond donors (Lipinski definition) is 0. The Morgan fingerprint density at radius 1 is 1.14 bits per heavy atom. The molecule has 3 aromatic rings. The summed E-state index contributed by atoms with van der Waals surface area (Å²) >= 11 is 1.22. The van der Waals surface area contributed by atoms with Crippen LogP contribution in [0.1, 0.15) is 24.2 Å². The highest BCUT2D eigenvalue weighted by Crippen LogP contribution is 2.23. The van der Waals surface area contributed by atoms with Gasteiger partial charge in [-0.1, -0.05) is 23.5 Å². The van der Waals surface area contributed by atoms with Crippen molar-refractivity contribution in [3.05, 3.63) is 58.6 Å². The number of hydrogen-bond acceptors (Lipinski definition) is 5. The topological polar surface area (TPSA) is 69.9 Å². The SMILES string of the molecule is CCOC(=O)Cn1c(=NC(=O)c2ccccc2F)sc2cc(OCC)ccc21. The molecule has 6 nitrogen and oxygen atoms in total. The zero-order valence-electron chi connectivity index (χ0n) is 15.5. The van der Waals surface area contributed by atoms with Gasteiger partial charge in [-0.15, -0.1) is 0 Å². The molecule has 0 bridgehead atoms. The third-order valence-electron chi connectivity index (χ3n) is 3.86. The van der Waals surface area contributed by atoms with Crippen molar-refractivity contribution in [2.24, 2.45) is 4.99 Å². The number of rotatable bonds is 6. The van der Waals surface area contributed by atoms with E-state index >= 15 is 0 Å². The molecule has 1 amide bonds. The minimum absolute atomic E-state index is 0.106. The summed E-state index contributed by atoms with van der Waals surface area (Å²) in [6.07, 6.45) is 0. The van der Waals surface area contributed by atoms with E-state index in [2.05, 4.69) is 4.99 Å². The lowest BCUT2D eigenvalue weighted by Gasteiger charge is -2.06. The molecule has 0 aliphatic heterocycles. The third-order valence-corrected chi connectivity index (χ3v) is 4.90. The fourth-order valence-electron chi connectivity index (χ4n) is 2.67. The summed E-state index contributed by atoms with van der Waals surface area (Å²) in [5.74, 6) is -1.14. The maximum atomic E-state index is 13.9. The number of amides is 1. The molecule has 8 heteroatoms. The second-order valence-corrected chi connectivity index (χ2v) is 6.74. The number of halogens is 1. The monoisotopic (exact) mass is 402 g/mol. The van der Waals surface area contributed by atoms with Crippen molar-refractivity contribution in [3.63, 3.8) is 0 Å². The Morgan fingerprint density at radius 3 is 2.64 bits per heavy atom. The van der Waals surface area contributed by atoms with Crippen molar-refractivity contribution < 1.29 is 23.5 Å². The largest absolute Gasteiger partial charge is 0.494 e. The normalized spacial score (nSPS) is 11.6. The molecule has 1 aromatic heterocycles. The van der Waals surface area contributed by atoms with Crippen molar-refractivity contribution in [3.8, 4) is 5.75 Å². The van der Waals surface area contributed by atoms with E-state index in [1.807, 2.05) is 13.0 Å². The summed E-state index contributed by atoms with van der Waals surface area (Å²) in [5, 5.41) is 0. The minimum atomic E-state index is -0.715. The second kappa shape index (κ2) is 8.79. The van der Waals surface area contributed by atoms with Crippen molar-refractivity contribution in [2.45, 2.75) is 20.4 Å². The Morgan fingerprint density at radius 2 is 1.93 bits per heavy atom. The summed E-state index contributed by atoms with van der Waals surface area (Å²) in [4.78, 5) is 28.9. The average molecular weight is 402 g/mol. The van der Waals surface area contributed by atoms with Crippen molar-refractivity contribution in [1.29, 1.82) is 0 Å². The molecule has 2 aromatic carbocycles. The number of fused-ring (bicyclic) bond motifs is 1. The van der Waals surface area contributed by atoms with Crippen LogP contribution in [0.25, 0.3) is 10.2 Å². The number of nitrogens with zero attached hydrogens (tertiary/aromatic N) is 2. The number of carbonyl (C=O) groups is 2. The number of esters is 1. The molecule has 0 spiro atoms. The predicted octanol–water partition coefficient (Wildman–Crippen LogP) is 3.54. The van der Waals surface area contributed by atoms with Gasteiger partial charge in [0.05, 0.1) is 29.0 Å².